The van der Waals surface area contributed by atoms with Gasteiger partial charge in [0.1, 0.15) is 0 Å². The fourth-order valence-corrected chi connectivity index (χ4v) is 2.71. The van der Waals surface area contributed by atoms with Gasteiger partial charge in [-0.1, -0.05) is 18.5 Å². The monoisotopic (exact) mass is 295 g/mol. The van der Waals surface area contributed by atoms with Crippen LogP contribution >= 0.6 is 11.6 Å². The van der Waals surface area contributed by atoms with Crippen molar-refractivity contribution in [1.29, 1.82) is 0 Å². The molecule has 0 amide bonds. The molecule has 0 bridgehead atoms. The predicted molar refractivity (Wildman–Crippen MR) is 81.0 cm³/mol. The van der Waals surface area contributed by atoms with Gasteiger partial charge >= 0.3 is 0 Å². The van der Waals surface area contributed by atoms with E-state index in [1.54, 1.807) is 6.20 Å². The second-order valence-electron chi connectivity index (χ2n) is 4.92. The molecule has 0 aliphatic carbocycles. The summed E-state index contributed by atoms with van der Waals surface area (Å²) in [4.78, 5) is 0. The first kappa shape index (κ1) is 15.1. The maximum absolute atomic E-state index is 6.36. The standard InChI is InChI=1S/C14H22ClN5/c1-5-7-16-13(11-9-19(4)18-10(11)3)14-12(15)8-17-20(14)6-2/h8-9,13,16H,5-7H2,1-4H3. The summed E-state index contributed by atoms with van der Waals surface area (Å²) < 4.78 is 3.79. The number of nitrogens with zero attached hydrogens (tertiary/aromatic N) is 4. The molecule has 0 fully saturated rings. The van der Waals surface area contributed by atoms with Gasteiger partial charge in [0.25, 0.3) is 0 Å². The molecule has 1 N–H and O–H groups in total. The minimum absolute atomic E-state index is 0.0265. The van der Waals surface area contributed by atoms with Crippen LogP contribution in [0.2, 0.25) is 5.02 Å². The van der Waals surface area contributed by atoms with Gasteiger partial charge in [-0.15, -0.1) is 0 Å². The van der Waals surface area contributed by atoms with Gasteiger partial charge in [-0.05, 0) is 26.8 Å². The Morgan fingerprint density at radius 3 is 2.70 bits per heavy atom. The fourth-order valence-electron chi connectivity index (χ4n) is 2.45. The van der Waals surface area contributed by atoms with Gasteiger partial charge in [0.05, 0.1) is 28.6 Å². The number of hydrogen-bond donors (Lipinski definition) is 1. The maximum Gasteiger partial charge on any atom is 0.0837 e. The molecule has 1 unspecified atom stereocenters. The number of rotatable bonds is 6. The number of aryl methyl sites for hydroxylation is 3. The lowest BCUT2D eigenvalue weighted by molar-refractivity contribution is 0.528. The van der Waals surface area contributed by atoms with Crippen molar-refractivity contribution in [2.24, 2.45) is 7.05 Å². The molecule has 0 saturated carbocycles. The topological polar surface area (TPSA) is 47.7 Å². The van der Waals surface area contributed by atoms with Crippen LogP contribution in [0.5, 0.6) is 0 Å². The van der Waals surface area contributed by atoms with Crippen LogP contribution < -0.4 is 5.32 Å². The minimum atomic E-state index is 0.0265. The average Bonchev–Trinajstić information content (AvgIpc) is 2.94. The molecule has 6 heteroatoms. The van der Waals surface area contributed by atoms with E-state index in [1.165, 1.54) is 0 Å². The molecule has 0 aromatic carbocycles. The summed E-state index contributed by atoms with van der Waals surface area (Å²) in [5.41, 5.74) is 3.18. The summed E-state index contributed by atoms with van der Waals surface area (Å²) >= 11 is 6.36. The Bertz CT molecular complexity index is 572. The molecule has 2 aromatic heterocycles. The lowest BCUT2D eigenvalue weighted by Crippen LogP contribution is -2.26. The summed E-state index contributed by atoms with van der Waals surface area (Å²) in [5, 5.41) is 13.0. The highest BCUT2D eigenvalue weighted by Gasteiger charge is 2.24. The summed E-state index contributed by atoms with van der Waals surface area (Å²) in [6.07, 6.45) is 4.83. The predicted octanol–water partition coefficient (Wildman–Crippen LogP) is 2.69. The molecule has 2 aromatic rings. The largest absolute Gasteiger partial charge is 0.305 e. The van der Waals surface area contributed by atoms with Gasteiger partial charge < -0.3 is 5.32 Å². The average molecular weight is 296 g/mol. The van der Waals surface area contributed by atoms with Gasteiger partial charge in [-0.25, -0.2) is 0 Å². The summed E-state index contributed by atoms with van der Waals surface area (Å²) in [5.74, 6) is 0. The van der Waals surface area contributed by atoms with Gasteiger partial charge in [-0.3, -0.25) is 9.36 Å². The Labute approximate surface area is 124 Å². The van der Waals surface area contributed by atoms with Crippen molar-refractivity contribution in [3.63, 3.8) is 0 Å². The van der Waals surface area contributed by atoms with Crippen LogP contribution in [0, 0.1) is 6.92 Å². The van der Waals surface area contributed by atoms with Crippen molar-refractivity contribution < 1.29 is 0 Å². The second kappa shape index (κ2) is 6.41. The van der Waals surface area contributed by atoms with E-state index in [0.29, 0.717) is 5.02 Å². The molecule has 0 radical (unpaired) electrons. The van der Waals surface area contributed by atoms with Gasteiger partial charge in [0, 0.05) is 25.4 Å². The Morgan fingerprint density at radius 2 is 2.15 bits per heavy atom. The highest BCUT2D eigenvalue weighted by Crippen LogP contribution is 2.29. The van der Waals surface area contributed by atoms with Crippen molar-refractivity contribution in [2.75, 3.05) is 6.54 Å². The van der Waals surface area contributed by atoms with E-state index in [1.807, 2.05) is 29.5 Å². The lowest BCUT2D eigenvalue weighted by Gasteiger charge is -2.20. The fraction of sp³-hybridized carbons (Fsp3) is 0.571. The van der Waals surface area contributed by atoms with Gasteiger partial charge in [-0.2, -0.15) is 10.2 Å². The number of aromatic nitrogens is 4. The molecule has 0 spiro atoms. The molecule has 1 atom stereocenters. The van der Waals surface area contributed by atoms with Gasteiger partial charge in [0.2, 0.25) is 0 Å². The van der Waals surface area contributed by atoms with Crippen LogP contribution in [0.3, 0.4) is 0 Å². The molecule has 2 rings (SSSR count). The van der Waals surface area contributed by atoms with E-state index in [2.05, 4.69) is 29.4 Å². The highest BCUT2D eigenvalue weighted by molar-refractivity contribution is 6.31. The zero-order valence-electron chi connectivity index (χ0n) is 12.5. The summed E-state index contributed by atoms with van der Waals surface area (Å²) in [7, 11) is 1.94. The summed E-state index contributed by atoms with van der Waals surface area (Å²) in [6, 6.07) is 0.0265. The quantitative estimate of drug-likeness (QED) is 0.891. The van der Waals surface area contributed by atoms with Crippen LogP contribution in [0.1, 0.15) is 43.3 Å². The summed E-state index contributed by atoms with van der Waals surface area (Å²) in [6.45, 7) is 7.96. The first-order valence-corrected chi connectivity index (χ1v) is 7.41. The van der Waals surface area contributed by atoms with Crippen LogP contribution in [0.4, 0.5) is 0 Å². The Balaban J connectivity index is 2.46. The Hall–Kier alpha value is -1.33. The first-order chi connectivity index (χ1) is 9.58. The normalized spacial score (nSPS) is 12.8. The molecule has 2 heterocycles. The zero-order chi connectivity index (χ0) is 14.7. The van der Waals surface area contributed by atoms with E-state index in [4.69, 9.17) is 11.6 Å². The second-order valence-corrected chi connectivity index (χ2v) is 5.33. The molecule has 0 saturated heterocycles. The number of halogens is 1. The highest BCUT2D eigenvalue weighted by atomic mass is 35.5. The smallest absolute Gasteiger partial charge is 0.0837 e. The third-order valence-corrected chi connectivity index (χ3v) is 3.66. The zero-order valence-corrected chi connectivity index (χ0v) is 13.3. The van der Waals surface area contributed by atoms with Crippen LogP contribution in [-0.2, 0) is 13.6 Å². The maximum atomic E-state index is 6.36. The van der Waals surface area contributed by atoms with Crippen LogP contribution in [0.25, 0.3) is 0 Å². The third-order valence-electron chi connectivity index (χ3n) is 3.37. The van der Waals surface area contributed by atoms with Crippen molar-refractivity contribution >= 4 is 11.6 Å². The van der Waals surface area contributed by atoms with E-state index in [-0.39, 0.29) is 6.04 Å². The minimum Gasteiger partial charge on any atom is -0.305 e. The molecule has 0 aliphatic rings. The Kier molecular flexibility index (Phi) is 4.83. The van der Waals surface area contributed by atoms with Crippen molar-refractivity contribution in [3.05, 3.63) is 34.4 Å². The van der Waals surface area contributed by atoms with Crippen LogP contribution in [0.15, 0.2) is 12.4 Å². The molecular weight excluding hydrogens is 274 g/mol. The Morgan fingerprint density at radius 1 is 1.40 bits per heavy atom. The van der Waals surface area contributed by atoms with Crippen molar-refractivity contribution in [1.82, 2.24) is 24.9 Å². The molecule has 5 nitrogen and oxygen atoms in total. The first-order valence-electron chi connectivity index (χ1n) is 7.03. The van der Waals surface area contributed by atoms with Crippen molar-refractivity contribution in [3.8, 4) is 0 Å². The van der Waals surface area contributed by atoms with Crippen molar-refractivity contribution in [2.45, 2.75) is 39.8 Å². The molecule has 20 heavy (non-hydrogen) atoms. The SMILES string of the molecule is CCCNC(c1cn(C)nc1C)c1c(Cl)cnn1CC. The third kappa shape index (κ3) is 2.88. The number of hydrogen-bond acceptors (Lipinski definition) is 3. The van der Waals surface area contributed by atoms with Crippen LogP contribution in [-0.4, -0.2) is 26.1 Å². The molecular formula is C14H22ClN5. The van der Waals surface area contributed by atoms with E-state index >= 15 is 0 Å². The molecule has 0 aliphatic heterocycles. The number of nitrogens with one attached hydrogen (secondary N) is 1. The van der Waals surface area contributed by atoms with E-state index < -0.39 is 0 Å². The van der Waals surface area contributed by atoms with Gasteiger partial charge in [0.15, 0.2) is 0 Å². The van der Waals surface area contributed by atoms with E-state index in [9.17, 15) is 0 Å². The lowest BCUT2D eigenvalue weighted by atomic mass is 10.0. The molecule has 110 valence electrons. The van der Waals surface area contributed by atoms with E-state index in [0.717, 1.165) is 36.5 Å².